The minimum Gasteiger partial charge on any atom is -0.496 e. The Kier molecular flexibility index (Phi) is 6.27. The van der Waals surface area contributed by atoms with Crippen LogP contribution in [0.3, 0.4) is 0 Å². The van der Waals surface area contributed by atoms with Gasteiger partial charge in [-0.2, -0.15) is 0 Å². The lowest BCUT2D eigenvalue weighted by molar-refractivity contribution is 0.0225. The lowest BCUT2D eigenvalue weighted by Crippen LogP contribution is -2.44. The maximum Gasteiger partial charge on any atom is 0.410 e. The van der Waals surface area contributed by atoms with E-state index in [1.165, 1.54) is 12.1 Å². The van der Waals surface area contributed by atoms with Gasteiger partial charge in [0.25, 0.3) is 0 Å². The zero-order valence-corrected chi connectivity index (χ0v) is 15.8. The van der Waals surface area contributed by atoms with E-state index in [2.05, 4.69) is 5.32 Å². The number of nitrogens with zero attached hydrogens (tertiary/aromatic N) is 1. The van der Waals surface area contributed by atoms with Crippen molar-refractivity contribution in [1.82, 2.24) is 10.2 Å². The standard InChI is InChI=1S/C19H29FN2O3/c1-13(16-11-14(20)8-9-17(16)24-5)21-12-15-7-6-10-22(15)18(23)25-19(2,3)4/h8-9,11,13,15,21H,6-7,10,12H2,1-5H3. The second kappa shape index (κ2) is 8.04. The summed E-state index contributed by atoms with van der Waals surface area (Å²) in [5.74, 6) is 0.359. The molecule has 1 aliphatic heterocycles. The van der Waals surface area contributed by atoms with Gasteiger partial charge in [0.15, 0.2) is 0 Å². The Bertz CT molecular complexity index is 601. The number of amides is 1. The Balaban J connectivity index is 1.98. The monoisotopic (exact) mass is 352 g/mol. The molecule has 25 heavy (non-hydrogen) atoms. The molecular formula is C19H29FN2O3. The number of nitrogens with one attached hydrogen (secondary N) is 1. The fourth-order valence-electron chi connectivity index (χ4n) is 3.08. The summed E-state index contributed by atoms with van der Waals surface area (Å²) < 4.78 is 24.4. The SMILES string of the molecule is COc1ccc(F)cc1C(C)NCC1CCCN1C(=O)OC(C)(C)C. The zero-order valence-electron chi connectivity index (χ0n) is 15.8. The van der Waals surface area contributed by atoms with Crippen LogP contribution in [0, 0.1) is 5.82 Å². The van der Waals surface area contributed by atoms with Crippen LogP contribution < -0.4 is 10.1 Å². The molecule has 1 N–H and O–H groups in total. The highest BCUT2D eigenvalue weighted by molar-refractivity contribution is 5.69. The first kappa shape index (κ1) is 19.5. The molecule has 0 aromatic heterocycles. The van der Waals surface area contributed by atoms with E-state index in [1.807, 2.05) is 27.7 Å². The number of carbonyl (C=O) groups is 1. The van der Waals surface area contributed by atoms with E-state index < -0.39 is 5.60 Å². The third-order valence-electron chi connectivity index (χ3n) is 4.32. The van der Waals surface area contributed by atoms with Crippen molar-refractivity contribution in [1.29, 1.82) is 0 Å². The summed E-state index contributed by atoms with van der Waals surface area (Å²) in [6.07, 6.45) is 1.62. The molecule has 2 unspecified atom stereocenters. The first-order valence-electron chi connectivity index (χ1n) is 8.77. The van der Waals surface area contributed by atoms with Gasteiger partial charge in [-0.05, 0) is 58.7 Å². The number of ether oxygens (including phenoxy) is 2. The molecule has 0 aliphatic carbocycles. The predicted molar refractivity (Wildman–Crippen MR) is 95.3 cm³/mol. The Morgan fingerprint density at radius 3 is 2.80 bits per heavy atom. The fourth-order valence-corrected chi connectivity index (χ4v) is 3.08. The molecule has 2 rings (SSSR count). The van der Waals surface area contributed by atoms with Crippen LogP contribution >= 0.6 is 0 Å². The summed E-state index contributed by atoms with van der Waals surface area (Å²) >= 11 is 0. The van der Waals surface area contributed by atoms with Crippen molar-refractivity contribution in [3.63, 3.8) is 0 Å². The van der Waals surface area contributed by atoms with Crippen molar-refractivity contribution in [2.45, 2.75) is 58.2 Å². The van der Waals surface area contributed by atoms with Crippen LogP contribution in [0.2, 0.25) is 0 Å². The zero-order chi connectivity index (χ0) is 18.6. The number of rotatable bonds is 5. The van der Waals surface area contributed by atoms with Crippen molar-refractivity contribution in [3.8, 4) is 5.75 Å². The van der Waals surface area contributed by atoms with E-state index in [9.17, 15) is 9.18 Å². The number of carbonyl (C=O) groups excluding carboxylic acids is 1. The molecule has 1 aromatic carbocycles. The van der Waals surface area contributed by atoms with Crippen molar-refractivity contribution in [2.75, 3.05) is 20.2 Å². The minimum atomic E-state index is -0.500. The van der Waals surface area contributed by atoms with Crippen LogP contribution in [0.1, 0.15) is 52.1 Å². The highest BCUT2D eigenvalue weighted by Gasteiger charge is 2.32. The quantitative estimate of drug-likeness (QED) is 0.874. The molecule has 6 heteroatoms. The van der Waals surface area contributed by atoms with Crippen LogP contribution in [0.15, 0.2) is 18.2 Å². The van der Waals surface area contributed by atoms with Crippen molar-refractivity contribution >= 4 is 6.09 Å². The fraction of sp³-hybridized carbons (Fsp3) is 0.632. The van der Waals surface area contributed by atoms with Crippen molar-refractivity contribution in [3.05, 3.63) is 29.6 Å². The third-order valence-corrected chi connectivity index (χ3v) is 4.32. The molecule has 1 amide bonds. The van der Waals surface area contributed by atoms with E-state index in [0.29, 0.717) is 18.8 Å². The Labute approximate surface area is 149 Å². The molecule has 1 heterocycles. The van der Waals surface area contributed by atoms with Crippen LogP contribution in [-0.4, -0.2) is 42.8 Å². The largest absolute Gasteiger partial charge is 0.496 e. The van der Waals surface area contributed by atoms with E-state index in [-0.39, 0.29) is 24.0 Å². The van der Waals surface area contributed by atoms with Crippen LogP contribution in [0.5, 0.6) is 5.75 Å². The molecule has 0 spiro atoms. The number of benzene rings is 1. The normalized spacial score (nSPS) is 19.0. The lowest BCUT2D eigenvalue weighted by Gasteiger charge is -2.29. The second-order valence-electron chi connectivity index (χ2n) is 7.49. The Morgan fingerprint density at radius 1 is 1.44 bits per heavy atom. The minimum absolute atomic E-state index is 0.0804. The van der Waals surface area contributed by atoms with Gasteiger partial charge in [-0.1, -0.05) is 0 Å². The number of halogens is 1. The van der Waals surface area contributed by atoms with Crippen LogP contribution in [0.25, 0.3) is 0 Å². The summed E-state index contributed by atoms with van der Waals surface area (Å²) in [5.41, 5.74) is 0.268. The molecular weight excluding hydrogens is 323 g/mol. The average molecular weight is 352 g/mol. The first-order chi connectivity index (χ1) is 11.7. The van der Waals surface area contributed by atoms with Gasteiger partial charge in [0.2, 0.25) is 0 Å². The number of methoxy groups -OCH3 is 1. The lowest BCUT2D eigenvalue weighted by atomic mass is 10.1. The molecule has 0 saturated carbocycles. The van der Waals surface area contributed by atoms with E-state index >= 15 is 0 Å². The van der Waals surface area contributed by atoms with E-state index in [1.54, 1.807) is 18.1 Å². The van der Waals surface area contributed by atoms with Gasteiger partial charge in [-0.3, -0.25) is 0 Å². The summed E-state index contributed by atoms with van der Waals surface area (Å²) in [4.78, 5) is 14.1. The summed E-state index contributed by atoms with van der Waals surface area (Å²) in [6, 6.07) is 4.49. The summed E-state index contributed by atoms with van der Waals surface area (Å²) in [7, 11) is 1.57. The number of hydrogen-bond donors (Lipinski definition) is 1. The van der Waals surface area contributed by atoms with Gasteiger partial charge < -0.3 is 19.7 Å². The number of hydrogen-bond acceptors (Lipinski definition) is 4. The highest BCUT2D eigenvalue weighted by Crippen LogP contribution is 2.27. The molecule has 1 aromatic rings. The van der Waals surface area contributed by atoms with Gasteiger partial charge in [-0.15, -0.1) is 0 Å². The van der Waals surface area contributed by atoms with Gasteiger partial charge in [0.05, 0.1) is 7.11 Å². The first-order valence-corrected chi connectivity index (χ1v) is 8.77. The van der Waals surface area contributed by atoms with Gasteiger partial charge in [-0.25, -0.2) is 9.18 Å². The summed E-state index contributed by atoms with van der Waals surface area (Å²) in [5, 5.41) is 3.39. The second-order valence-corrected chi connectivity index (χ2v) is 7.49. The molecule has 1 saturated heterocycles. The molecule has 140 valence electrons. The highest BCUT2D eigenvalue weighted by atomic mass is 19.1. The van der Waals surface area contributed by atoms with Crippen LogP contribution in [0.4, 0.5) is 9.18 Å². The van der Waals surface area contributed by atoms with Gasteiger partial charge >= 0.3 is 6.09 Å². The maximum atomic E-state index is 13.6. The molecule has 0 bridgehead atoms. The average Bonchev–Trinajstić information content (AvgIpc) is 2.99. The topological polar surface area (TPSA) is 50.8 Å². The third kappa shape index (κ3) is 5.33. The molecule has 0 radical (unpaired) electrons. The summed E-state index contributed by atoms with van der Waals surface area (Å²) in [6.45, 7) is 8.90. The van der Waals surface area contributed by atoms with E-state index in [0.717, 1.165) is 18.4 Å². The van der Waals surface area contributed by atoms with Crippen molar-refractivity contribution < 1.29 is 18.7 Å². The molecule has 1 fully saturated rings. The maximum absolute atomic E-state index is 13.6. The smallest absolute Gasteiger partial charge is 0.410 e. The molecule has 1 aliphatic rings. The molecule has 5 nitrogen and oxygen atoms in total. The van der Waals surface area contributed by atoms with Gasteiger partial charge in [0.1, 0.15) is 17.2 Å². The Morgan fingerprint density at radius 2 is 2.16 bits per heavy atom. The predicted octanol–water partition coefficient (Wildman–Crippen LogP) is 3.88. The Hall–Kier alpha value is -1.82. The van der Waals surface area contributed by atoms with Crippen molar-refractivity contribution in [2.24, 2.45) is 0 Å². The van der Waals surface area contributed by atoms with Gasteiger partial charge in [0, 0.05) is 30.7 Å². The molecule has 2 atom stereocenters. The number of likely N-dealkylation sites (tertiary alicyclic amines) is 1. The van der Waals surface area contributed by atoms with Crippen LogP contribution in [-0.2, 0) is 4.74 Å². The van der Waals surface area contributed by atoms with E-state index in [4.69, 9.17) is 9.47 Å².